The molecule has 0 radical (unpaired) electrons. The minimum atomic E-state index is -1.05. The molecule has 6 heteroatoms. The van der Waals surface area contributed by atoms with Gasteiger partial charge in [-0.3, -0.25) is 0 Å². The Bertz CT molecular complexity index is 191. The van der Waals surface area contributed by atoms with Gasteiger partial charge in [-0.25, -0.2) is 0 Å². The van der Waals surface area contributed by atoms with Crippen LogP contribution in [0.5, 0.6) is 0 Å². The normalized spacial score (nSPS) is 41.8. The number of rotatable bonds is 4. The fourth-order valence-corrected chi connectivity index (χ4v) is 1.82. The number of nitrogens with two attached hydrogens (primary N) is 1. The van der Waals surface area contributed by atoms with Gasteiger partial charge in [0.05, 0.1) is 12.6 Å². The molecule has 0 spiro atoms. The average Bonchev–Trinajstić information content (AvgIpc) is 2.23. The molecule has 6 nitrogen and oxygen atoms in total. The molecule has 1 aliphatic heterocycles. The van der Waals surface area contributed by atoms with Gasteiger partial charge in [0, 0.05) is 21.3 Å². The monoisotopic (exact) mass is 221 g/mol. The number of methoxy groups -OCH3 is 3. The predicted molar refractivity (Wildman–Crippen MR) is 52.3 cm³/mol. The van der Waals surface area contributed by atoms with Crippen LogP contribution in [0.3, 0.4) is 0 Å². The maximum absolute atomic E-state index is 9.55. The molecule has 1 heterocycles. The van der Waals surface area contributed by atoms with E-state index in [9.17, 15) is 5.11 Å². The highest BCUT2D eigenvalue weighted by molar-refractivity contribution is 4.92. The second-order valence-corrected chi connectivity index (χ2v) is 3.50. The smallest absolute Gasteiger partial charge is 0.173 e. The molecule has 0 aliphatic carbocycles. The van der Waals surface area contributed by atoms with E-state index in [4.69, 9.17) is 24.7 Å². The van der Waals surface area contributed by atoms with Crippen LogP contribution in [-0.2, 0) is 18.9 Å². The Morgan fingerprint density at radius 2 is 1.80 bits per heavy atom. The highest BCUT2D eigenvalue weighted by Gasteiger charge is 2.44. The molecule has 5 atom stereocenters. The van der Waals surface area contributed by atoms with Crippen molar-refractivity contribution in [2.45, 2.75) is 30.6 Å². The largest absolute Gasteiger partial charge is 0.382 e. The van der Waals surface area contributed by atoms with Crippen LogP contribution < -0.4 is 5.73 Å². The van der Waals surface area contributed by atoms with Gasteiger partial charge < -0.3 is 29.8 Å². The van der Waals surface area contributed by atoms with Gasteiger partial charge in [0.2, 0.25) is 0 Å². The predicted octanol–water partition coefficient (Wildman–Crippen LogP) is -1.29. The molecule has 1 aliphatic rings. The van der Waals surface area contributed by atoms with Gasteiger partial charge >= 0.3 is 0 Å². The summed E-state index contributed by atoms with van der Waals surface area (Å²) in [5, 5.41) is 9.55. The molecule has 0 aromatic heterocycles. The van der Waals surface area contributed by atoms with Gasteiger partial charge in [0.1, 0.15) is 18.3 Å². The molecule has 0 saturated carbocycles. The van der Waals surface area contributed by atoms with Crippen LogP contribution in [-0.4, -0.2) is 63.7 Å². The summed E-state index contributed by atoms with van der Waals surface area (Å²) in [5.74, 6) is 0. The molecule has 1 fully saturated rings. The zero-order valence-corrected chi connectivity index (χ0v) is 9.25. The Morgan fingerprint density at radius 1 is 1.20 bits per heavy atom. The quantitative estimate of drug-likeness (QED) is 0.614. The molecule has 1 saturated heterocycles. The number of hydrogen-bond donors (Lipinski definition) is 2. The molecular weight excluding hydrogens is 202 g/mol. The first-order chi connectivity index (χ1) is 7.15. The van der Waals surface area contributed by atoms with Crippen LogP contribution in [0.4, 0.5) is 0 Å². The maximum Gasteiger partial charge on any atom is 0.173 e. The van der Waals surface area contributed by atoms with E-state index in [0.717, 1.165) is 0 Å². The zero-order chi connectivity index (χ0) is 11.4. The van der Waals surface area contributed by atoms with Gasteiger partial charge in [0.15, 0.2) is 6.29 Å². The van der Waals surface area contributed by atoms with Crippen LogP contribution in [0.2, 0.25) is 0 Å². The third-order valence-electron chi connectivity index (χ3n) is 2.59. The lowest BCUT2D eigenvalue weighted by atomic mass is 9.97. The van der Waals surface area contributed by atoms with Crippen LogP contribution in [0.1, 0.15) is 0 Å². The number of aliphatic hydroxyl groups is 1. The molecule has 15 heavy (non-hydrogen) atoms. The Hall–Kier alpha value is -0.240. The molecule has 3 unspecified atom stereocenters. The summed E-state index contributed by atoms with van der Waals surface area (Å²) >= 11 is 0. The average molecular weight is 221 g/mol. The van der Waals surface area contributed by atoms with Crippen molar-refractivity contribution in [3.8, 4) is 0 Å². The van der Waals surface area contributed by atoms with Crippen LogP contribution in [0, 0.1) is 0 Å². The second kappa shape index (κ2) is 5.74. The fourth-order valence-electron chi connectivity index (χ4n) is 1.82. The Kier molecular flexibility index (Phi) is 4.91. The third-order valence-corrected chi connectivity index (χ3v) is 2.59. The first-order valence-corrected chi connectivity index (χ1v) is 4.79. The fraction of sp³-hybridized carbons (Fsp3) is 1.00. The first-order valence-electron chi connectivity index (χ1n) is 4.79. The van der Waals surface area contributed by atoms with Crippen LogP contribution >= 0.6 is 0 Å². The highest BCUT2D eigenvalue weighted by Crippen LogP contribution is 2.22. The van der Waals surface area contributed by atoms with E-state index in [-0.39, 0.29) is 12.2 Å². The molecule has 0 bridgehead atoms. The first kappa shape index (κ1) is 12.8. The zero-order valence-electron chi connectivity index (χ0n) is 9.25. The van der Waals surface area contributed by atoms with Gasteiger partial charge in [-0.05, 0) is 0 Å². The van der Waals surface area contributed by atoms with Gasteiger partial charge in [-0.15, -0.1) is 0 Å². The summed E-state index contributed by atoms with van der Waals surface area (Å²) in [7, 11) is 4.63. The minimum absolute atomic E-state index is 0.322. The third kappa shape index (κ3) is 2.66. The second-order valence-electron chi connectivity index (χ2n) is 3.50. The molecular formula is C9H19NO5. The molecule has 1 rings (SSSR count). The highest BCUT2D eigenvalue weighted by atomic mass is 16.6. The van der Waals surface area contributed by atoms with E-state index in [1.54, 1.807) is 14.2 Å². The lowest BCUT2D eigenvalue weighted by molar-refractivity contribution is -0.259. The molecule has 0 amide bonds. The summed E-state index contributed by atoms with van der Waals surface area (Å²) < 4.78 is 20.7. The Morgan fingerprint density at radius 3 is 2.27 bits per heavy atom. The summed E-state index contributed by atoms with van der Waals surface area (Å²) in [6.07, 6.45) is -2.17. The van der Waals surface area contributed by atoms with Crippen molar-refractivity contribution < 1.29 is 24.1 Å². The van der Waals surface area contributed by atoms with E-state index in [1.165, 1.54) is 7.11 Å². The van der Waals surface area contributed by atoms with E-state index in [2.05, 4.69) is 0 Å². The Balaban J connectivity index is 2.73. The van der Waals surface area contributed by atoms with Gasteiger partial charge in [-0.2, -0.15) is 0 Å². The van der Waals surface area contributed by atoms with Crippen LogP contribution in [0.15, 0.2) is 0 Å². The number of aliphatic hydroxyl groups excluding tert-OH is 1. The minimum Gasteiger partial charge on any atom is -0.382 e. The standard InChI is InChI=1S/C9H19NO5/c1-12-4-5-7(13-2)8(14-3)6(10)9(11)15-5/h5-9,11H,4,10H2,1-3H3/t5?,6?,7-,8?,9-/m1/s1. The summed E-state index contributed by atoms with van der Waals surface area (Å²) in [4.78, 5) is 0. The molecule has 90 valence electrons. The number of hydrogen-bond acceptors (Lipinski definition) is 6. The summed E-state index contributed by atoms with van der Waals surface area (Å²) in [5.41, 5.74) is 5.74. The van der Waals surface area contributed by atoms with E-state index < -0.39 is 18.4 Å². The van der Waals surface area contributed by atoms with E-state index in [0.29, 0.717) is 6.61 Å². The lowest BCUT2D eigenvalue weighted by Gasteiger charge is -2.42. The molecule has 0 aromatic carbocycles. The van der Waals surface area contributed by atoms with Crippen LogP contribution in [0.25, 0.3) is 0 Å². The number of ether oxygens (including phenoxy) is 4. The van der Waals surface area contributed by atoms with Gasteiger partial charge in [-0.1, -0.05) is 0 Å². The molecule has 0 aromatic rings. The van der Waals surface area contributed by atoms with Crippen molar-refractivity contribution in [2.24, 2.45) is 5.73 Å². The summed E-state index contributed by atoms with van der Waals surface area (Å²) in [6.45, 7) is 0.322. The SMILES string of the molecule is COCC1O[C@@H](O)C(N)C(OC)[C@@H]1OC. The van der Waals surface area contributed by atoms with Crippen molar-refractivity contribution in [3.05, 3.63) is 0 Å². The van der Waals surface area contributed by atoms with Crippen molar-refractivity contribution >= 4 is 0 Å². The van der Waals surface area contributed by atoms with Gasteiger partial charge in [0.25, 0.3) is 0 Å². The van der Waals surface area contributed by atoms with Crippen molar-refractivity contribution in [1.82, 2.24) is 0 Å². The summed E-state index contributed by atoms with van der Waals surface area (Å²) in [6, 6.07) is -0.618. The Labute approximate surface area is 89.2 Å². The maximum atomic E-state index is 9.55. The molecule has 3 N–H and O–H groups in total. The van der Waals surface area contributed by atoms with E-state index >= 15 is 0 Å². The van der Waals surface area contributed by atoms with E-state index in [1.807, 2.05) is 0 Å². The lowest BCUT2D eigenvalue weighted by Crippen LogP contribution is -2.63. The van der Waals surface area contributed by atoms with Crippen molar-refractivity contribution in [1.29, 1.82) is 0 Å². The van der Waals surface area contributed by atoms with Crippen molar-refractivity contribution in [2.75, 3.05) is 27.9 Å². The topological polar surface area (TPSA) is 83.2 Å². The van der Waals surface area contributed by atoms with Crippen molar-refractivity contribution in [3.63, 3.8) is 0 Å².